The lowest BCUT2D eigenvalue weighted by Gasteiger charge is -2.23. The summed E-state index contributed by atoms with van der Waals surface area (Å²) in [6.07, 6.45) is 7.24. The number of rotatable bonds is 5. The number of nitrogens with one attached hydrogen (secondary N) is 2. The van der Waals surface area contributed by atoms with Crippen LogP contribution in [0.25, 0.3) is 0 Å². The summed E-state index contributed by atoms with van der Waals surface area (Å²) in [5.74, 6) is 1.99. The molecule has 0 radical (unpaired) electrons. The number of carbonyl (C=O) groups excluding carboxylic acids is 1. The number of aryl methyl sites for hydroxylation is 1. The summed E-state index contributed by atoms with van der Waals surface area (Å²) in [4.78, 5) is 16.5. The molecule has 116 valence electrons. The molecule has 21 heavy (non-hydrogen) atoms. The van der Waals surface area contributed by atoms with Gasteiger partial charge in [-0.2, -0.15) is 0 Å². The molecule has 3 rings (SSSR count). The van der Waals surface area contributed by atoms with Crippen LogP contribution in [0, 0.1) is 24.2 Å². The lowest BCUT2D eigenvalue weighted by molar-refractivity contribution is -0.123. The number of hydrogen-bond acceptors (Lipinski definition) is 3. The summed E-state index contributed by atoms with van der Waals surface area (Å²) < 4.78 is 2.14. The van der Waals surface area contributed by atoms with Gasteiger partial charge in [0.1, 0.15) is 5.82 Å². The van der Waals surface area contributed by atoms with E-state index in [1.165, 1.54) is 0 Å². The van der Waals surface area contributed by atoms with Crippen LogP contribution in [0.3, 0.4) is 0 Å². The van der Waals surface area contributed by atoms with Gasteiger partial charge in [0.25, 0.3) is 0 Å². The Hall–Kier alpha value is -1.36. The van der Waals surface area contributed by atoms with Crippen LogP contribution < -0.4 is 10.6 Å². The van der Waals surface area contributed by atoms with Crippen LogP contribution in [0.5, 0.6) is 0 Å². The summed E-state index contributed by atoms with van der Waals surface area (Å²) in [5.41, 5.74) is 0.333. The zero-order valence-electron chi connectivity index (χ0n) is 13.1. The minimum atomic E-state index is 0.266. The monoisotopic (exact) mass is 290 g/mol. The molecular weight excluding hydrogens is 264 g/mol. The highest BCUT2D eigenvalue weighted by atomic mass is 16.2. The van der Waals surface area contributed by atoms with E-state index in [0.29, 0.717) is 11.3 Å². The van der Waals surface area contributed by atoms with Crippen LogP contribution in [0.1, 0.15) is 32.0 Å². The van der Waals surface area contributed by atoms with Crippen LogP contribution in [-0.2, 0) is 11.3 Å². The molecule has 2 fully saturated rings. The van der Waals surface area contributed by atoms with E-state index in [2.05, 4.69) is 27.1 Å². The van der Waals surface area contributed by atoms with Crippen molar-refractivity contribution in [1.82, 2.24) is 20.2 Å². The number of amides is 1. The van der Waals surface area contributed by atoms with Gasteiger partial charge in [0.2, 0.25) is 5.91 Å². The molecule has 1 aliphatic carbocycles. The molecule has 2 unspecified atom stereocenters. The van der Waals surface area contributed by atoms with Crippen LogP contribution in [0.4, 0.5) is 0 Å². The van der Waals surface area contributed by atoms with Crippen LogP contribution >= 0.6 is 0 Å². The molecule has 0 bridgehead atoms. The second kappa shape index (κ2) is 5.79. The molecule has 1 spiro atoms. The quantitative estimate of drug-likeness (QED) is 0.860. The third-order valence-electron chi connectivity index (χ3n) is 5.16. The second-order valence-corrected chi connectivity index (χ2v) is 6.85. The summed E-state index contributed by atoms with van der Waals surface area (Å²) in [7, 11) is 0. The highest BCUT2D eigenvalue weighted by molar-refractivity contribution is 5.82. The Labute approximate surface area is 126 Å². The first-order valence-electron chi connectivity index (χ1n) is 8.07. The first kappa shape index (κ1) is 14.6. The van der Waals surface area contributed by atoms with E-state index in [-0.39, 0.29) is 11.8 Å². The number of piperidine rings is 1. The third kappa shape index (κ3) is 3.12. The number of carbonyl (C=O) groups is 1. The van der Waals surface area contributed by atoms with Gasteiger partial charge in [-0.05, 0) is 50.6 Å². The molecule has 5 heteroatoms. The van der Waals surface area contributed by atoms with Gasteiger partial charge >= 0.3 is 0 Å². The molecular formula is C16H26N4O. The Morgan fingerprint density at radius 3 is 3.00 bits per heavy atom. The Bertz CT molecular complexity index is 504. The van der Waals surface area contributed by atoms with Gasteiger partial charge in [0.05, 0.1) is 0 Å². The fourth-order valence-electron chi connectivity index (χ4n) is 3.59. The largest absolute Gasteiger partial charge is 0.356 e. The van der Waals surface area contributed by atoms with Crippen molar-refractivity contribution in [3.05, 3.63) is 18.2 Å². The van der Waals surface area contributed by atoms with Crippen molar-refractivity contribution in [3.63, 3.8) is 0 Å². The summed E-state index contributed by atoms with van der Waals surface area (Å²) in [5, 5.41) is 6.53. The van der Waals surface area contributed by atoms with Crippen molar-refractivity contribution in [2.75, 3.05) is 19.6 Å². The molecule has 1 aliphatic heterocycles. The average molecular weight is 290 g/mol. The minimum Gasteiger partial charge on any atom is -0.356 e. The fraction of sp³-hybridized carbons (Fsp3) is 0.750. The van der Waals surface area contributed by atoms with Gasteiger partial charge in [-0.3, -0.25) is 4.79 Å². The lowest BCUT2D eigenvalue weighted by atomic mass is 9.92. The summed E-state index contributed by atoms with van der Waals surface area (Å²) in [6.45, 7) is 7.98. The van der Waals surface area contributed by atoms with Gasteiger partial charge in [-0.1, -0.05) is 6.92 Å². The van der Waals surface area contributed by atoms with E-state index in [0.717, 1.165) is 51.3 Å². The number of imidazole rings is 1. The number of aromatic nitrogens is 2. The number of hydrogen-bond donors (Lipinski definition) is 2. The standard InChI is InChI=1S/C16H26N4O/c1-12(11-20-8-7-18-13(20)2)10-19-15(21)14-9-16(14)3-5-17-6-4-16/h7-8,12,14,17H,3-6,9-11H2,1-2H3,(H,19,21). The molecule has 2 aliphatic rings. The van der Waals surface area contributed by atoms with Crippen molar-refractivity contribution in [1.29, 1.82) is 0 Å². The van der Waals surface area contributed by atoms with Crippen molar-refractivity contribution in [2.24, 2.45) is 17.3 Å². The van der Waals surface area contributed by atoms with E-state index >= 15 is 0 Å². The van der Waals surface area contributed by atoms with Gasteiger partial charge in [0.15, 0.2) is 0 Å². The predicted molar refractivity (Wildman–Crippen MR) is 81.8 cm³/mol. The number of nitrogens with zero attached hydrogens (tertiary/aromatic N) is 2. The lowest BCUT2D eigenvalue weighted by Crippen LogP contribution is -2.35. The van der Waals surface area contributed by atoms with Gasteiger partial charge in [0, 0.05) is 31.4 Å². The van der Waals surface area contributed by atoms with Crippen molar-refractivity contribution in [2.45, 2.75) is 39.7 Å². The Balaban J connectivity index is 1.43. The molecule has 1 saturated carbocycles. The van der Waals surface area contributed by atoms with E-state index in [9.17, 15) is 4.79 Å². The molecule has 1 aromatic rings. The highest BCUT2D eigenvalue weighted by Crippen LogP contribution is 2.58. The fourth-order valence-corrected chi connectivity index (χ4v) is 3.59. The maximum absolute atomic E-state index is 12.3. The topological polar surface area (TPSA) is 59.0 Å². The maximum atomic E-state index is 12.3. The minimum absolute atomic E-state index is 0.266. The molecule has 2 atom stereocenters. The molecule has 2 heterocycles. The van der Waals surface area contributed by atoms with Crippen molar-refractivity contribution in [3.8, 4) is 0 Å². The SMILES string of the molecule is Cc1nccn1CC(C)CNC(=O)C1CC12CCNCC2. The normalized spacial score (nSPS) is 24.8. The van der Waals surface area contributed by atoms with Crippen LogP contribution in [0.15, 0.2) is 12.4 Å². The molecule has 1 aromatic heterocycles. The predicted octanol–water partition coefficient (Wildman–Crippen LogP) is 1.33. The van der Waals surface area contributed by atoms with Crippen LogP contribution in [-0.4, -0.2) is 35.1 Å². The molecule has 0 aromatic carbocycles. The maximum Gasteiger partial charge on any atom is 0.223 e. The summed E-state index contributed by atoms with van der Waals surface area (Å²) in [6, 6.07) is 0. The zero-order valence-corrected chi connectivity index (χ0v) is 13.1. The molecule has 1 amide bonds. The van der Waals surface area contributed by atoms with E-state index in [1.54, 1.807) is 0 Å². The molecule has 2 N–H and O–H groups in total. The zero-order chi connectivity index (χ0) is 14.9. The van der Waals surface area contributed by atoms with E-state index in [1.807, 2.05) is 19.3 Å². The first-order chi connectivity index (χ1) is 10.1. The summed E-state index contributed by atoms with van der Waals surface area (Å²) >= 11 is 0. The van der Waals surface area contributed by atoms with Gasteiger partial charge in [-0.25, -0.2) is 4.98 Å². The highest BCUT2D eigenvalue weighted by Gasteiger charge is 2.57. The van der Waals surface area contributed by atoms with Crippen LogP contribution in [0.2, 0.25) is 0 Å². The van der Waals surface area contributed by atoms with Crippen molar-refractivity contribution < 1.29 is 4.79 Å². The smallest absolute Gasteiger partial charge is 0.223 e. The Morgan fingerprint density at radius 2 is 2.33 bits per heavy atom. The van der Waals surface area contributed by atoms with E-state index in [4.69, 9.17) is 0 Å². The van der Waals surface area contributed by atoms with Gasteiger partial charge in [-0.15, -0.1) is 0 Å². The first-order valence-corrected chi connectivity index (χ1v) is 8.07. The Kier molecular flexibility index (Phi) is 4.02. The van der Waals surface area contributed by atoms with Gasteiger partial charge < -0.3 is 15.2 Å². The average Bonchev–Trinajstić information content (AvgIpc) is 3.02. The molecule has 5 nitrogen and oxygen atoms in total. The second-order valence-electron chi connectivity index (χ2n) is 6.85. The third-order valence-corrected chi connectivity index (χ3v) is 5.16. The molecule has 1 saturated heterocycles. The van der Waals surface area contributed by atoms with E-state index < -0.39 is 0 Å². The van der Waals surface area contributed by atoms with Crippen molar-refractivity contribution >= 4 is 5.91 Å². The Morgan fingerprint density at radius 1 is 1.57 bits per heavy atom.